The van der Waals surface area contributed by atoms with Crippen LogP contribution in [-0.4, -0.2) is 60.0 Å². The topological polar surface area (TPSA) is 59.4 Å². The first-order valence-corrected chi connectivity index (χ1v) is 10.7. The van der Waals surface area contributed by atoms with Gasteiger partial charge >= 0.3 is 0 Å². The number of piperidine rings is 1. The monoisotopic (exact) mass is 396 g/mol. The molecule has 2 aromatic rings. The number of rotatable bonds is 8. The summed E-state index contributed by atoms with van der Waals surface area (Å²) in [5, 5.41) is 8.16. The Morgan fingerprint density at radius 2 is 2.00 bits per heavy atom. The zero-order valence-corrected chi connectivity index (χ0v) is 17.5. The van der Waals surface area contributed by atoms with Crippen LogP contribution in [0.5, 0.6) is 0 Å². The third-order valence-electron chi connectivity index (χ3n) is 6.50. The molecule has 1 aliphatic carbocycles. The second kappa shape index (κ2) is 8.67. The van der Waals surface area contributed by atoms with E-state index in [1.54, 1.807) is 11.8 Å². The van der Waals surface area contributed by atoms with Gasteiger partial charge in [0.1, 0.15) is 5.69 Å². The molecule has 0 spiro atoms. The summed E-state index contributed by atoms with van der Waals surface area (Å²) in [5.74, 6) is 0.675. The Morgan fingerprint density at radius 3 is 2.66 bits per heavy atom. The molecule has 2 atom stereocenters. The third-order valence-corrected chi connectivity index (χ3v) is 6.50. The van der Waals surface area contributed by atoms with Crippen LogP contribution in [0.3, 0.4) is 0 Å². The van der Waals surface area contributed by atoms with Crippen molar-refractivity contribution in [3.05, 3.63) is 53.9 Å². The van der Waals surface area contributed by atoms with Crippen LogP contribution in [0.25, 0.3) is 0 Å². The van der Waals surface area contributed by atoms with Gasteiger partial charge in [-0.1, -0.05) is 30.3 Å². The average Bonchev–Trinajstić information content (AvgIpc) is 3.39. The van der Waals surface area contributed by atoms with E-state index in [2.05, 4.69) is 40.7 Å². The van der Waals surface area contributed by atoms with Crippen LogP contribution in [0, 0.1) is 5.41 Å². The van der Waals surface area contributed by atoms with Crippen LogP contribution < -0.4 is 5.32 Å². The normalized spacial score (nSPS) is 23.2. The lowest BCUT2D eigenvalue weighted by Crippen LogP contribution is -2.49. The van der Waals surface area contributed by atoms with E-state index in [1.807, 2.05) is 24.1 Å². The lowest BCUT2D eigenvalue weighted by atomic mass is 9.78. The van der Waals surface area contributed by atoms with Crippen molar-refractivity contribution in [2.45, 2.75) is 44.7 Å². The number of likely N-dealkylation sites (tertiary alicyclic amines) is 1. The summed E-state index contributed by atoms with van der Waals surface area (Å²) < 4.78 is 7.39. The Labute approximate surface area is 173 Å². The summed E-state index contributed by atoms with van der Waals surface area (Å²) in [6.07, 6.45) is 4.99. The van der Waals surface area contributed by atoms with Gasteiger partial charge in [0, 0.05) is 56.9 Å². The maximum atomic E-state index is 12.8. The number of hydrogen-bond acceptors (Lipinski definition) is 4. The van der Waals surface area contributed by atoms with Crippen molar-refractivity contribution in [3.63, 3.8) is 0 Å². The van der Waals surface area contributed by atoms with Crippen LogP contribution in [-0.2, 0) is 11.3 Å². The fourth-order valence-electron chi connectivity index (χ4n) is 4.51. The molecule has 2 heterocycles. The Balaban J connectivity index is 1.31. The maximum Gasteiger partial charge on any atom is 0.274 e. The Morgan fingerprint density at radius 1 is 1.24 bits per heavy atom. The number of aryl methyl sites for hydroxylation is 1. The van der Waals surface area contributed by atoms with Crippen molar-refractivity contribution >= 4 is 5.91 Å². The lowest BCUT2D eigenvalue weighted by molar-refractivity contribution is 0.0199. The highest BCUT2D eigenvalue weighted by Crippen LogP contribution is 2.42. The Bertz CT molecular complexity index is 811. The minimum Gasteiger partial charge on any atom is -0.384 e. The molecule has 0 unspecified atom stereocenters. The highest BCUT2D eigenvalue weighted by molar-refractivity contribution is 5.92. The average molecular weight is 397 g/mol. The summed E-state index contributed by atoms with van der Waals surface area (Å²) in [4.78, 5) is 14.7. The summed E-state index contributed by atoms with van der Waals surface area (Å²) in [7, 11) is 1.78. The molecule has 1 aromatic carbocycles. The maximum absolute atomic E-state index is 12.8. The fourth-order valence-corrected chi connectivity index (χ4v) is 4.51. The van der Waals surface area contributed by atoms with Crippen LogP contribution in [0.15, 0.2) is 42.6 Å². The molecule has 4 rings (SSSR count). The van der Waals surface area contributed by atoms with Gasteiger partial charge in [0.15, 0.2) is 0 Å². The molecule has 1 saturated carbocycles. The van der Waals surface area contributed by atoms with Crippen molar-refractivity contribution in [1.29, 1.82) is 0 Å². The number of carbonyl (C=O) groups excluding carboxylic acids is 1. The molecule has 1 saturated heterocycles. The van der Waals surface area contributed by atoms with Gasteiger partial charge in [-0.05, 0) is 37.8 Å². The van der Waals surface area contributed by atoms with Gasteiger partial charge < -0.3 is 15.0 Å². The van der Waals surface area contributed by atoms with Crippen LogP contribution in [0.1, 0.15) is 48.2 Å². The van der Waals surface area contributed by atoms with Gasteiger partial charge in [0.2, 0.25) is 0 Å². The molecule has 1 N–H and O–H groups in total. The van der Waals surface area contributed by atoms with Gasteiger partial charge in [0.25, 0.3) is 5.91 Å². The second-order valence-corrected chi connectivity index (χ2v) is 8.52. The molecule has 0 bridgehead atoms. The number of hydrogen-bond donors (Lipinski definition) is 1. The van der Waals surface area contributed by atoms with Crippen molar-refractivity contribution in [3.8, 4) is 0 Å². The number of nitrogens with one attached hydrogen (secondary N) is 1. The van der Waals surface area contributed by atoms with E-state index in [1.165, 1.54) is 12.0 Å². The molecule has 29 heavy (non-hydrogen) atoms. The van der Waals surface area contributed by atoms with E-state index in [0.717, 1.165) is 45.6 Å². The second-order valence-electron chi connectivity index (χ2n) is 8.52. The van der Waals surface area contributed by atoms with Crippen LogP contribution >= 0.6 is 0 Å². The number of ether oxygens (including phenoxy) is 1. The lowest BCUT2D eigenvalue weighted by Gasteiger charge is -2.41. The van der Waals surface area contributed by atoms with E-state index in [4.69, 9.17) is 4.74 Å². The first-order chi connectivity index (χ1) is 14.1. The van der Waals surface area contributed by atoms with E-state index in [9.17, 15) is 4.79 Å². The molecular weight excluding hydrogens is 364 g/mol. The molecule has 6 heteroatoms. The zero-order valence-electron chi connectivity index (χ0n) is 17.5. The first kappa shape index (κ1) is 20.1. The van der Waals surface area contributed by atoms with Gasteiger partial charge in [-0.15, -0.1) is 0 Å². The highest BCUT2D eigenvalue weighted by Gasteiger charge is 2.42. The standard InChI is InChI=1S/C23H32N4O2/c1-3-27-12-9-20(25-27)22(28)26-13-10-23(11-14-26,17-29-2)16-24-21-15-19(21)18-7-5-4-6-8-18/h4-9,12,19,21,24H,3,10-11,13-17H2,1-2H3/t19-,21+/m0/s1. The predicted molar refractivity (Wildman–Crippen MR) is 113 cm³/mol. The number of carbonyl (C=O) groups is 1. The van der Waals surface area contributed by atoms with Gasteiger partial charge in [-0.25, -0.2) is 0 Å². The Hall–Kier alpha value is -2.18. The van der Waals surface area contributed by atoms with E-state index >= 15 is 0 Å². The van der Waals surface area contributed by atoms with E-state index in [-0.39, 0.29) is 11.3 Å². The summed E-state index contributed by atoms with van der Waals surface area (Å²) in [6.45, 7) is 6.00. The number of nitrogens with zero attached hydrogens (tertiary/aromatic N) is 3. The number of methoxy groups -OCH3 is 1. The molecule has 2 aliphatic rings. The highest BCUT2D eigenvalue weighted by atomic mass is 16.5. The van der Waals surface area contributed by atoms with Gasteiger partial charge in [-0.3, -0.25) is 9.48 Å². The number of amides is 1. The van der Waals surface area contributed by atoms with Crippen LogP contribution in [0.2, 0.25) is 0 Å². The summed E-state index contributed by atoms with van der Waals surface area (Å²) >= 11 is 0. The van der Waals surface area contributed by atoms with Gasteiger partial charge in [0.05, 0.1) is 6.61 Å². The zero-order chi connectivity index (χ0) is 20.3. The van der Waals surface area contributed by atoms with Crippen molar-refractivity contribution in [1.82, 2.24) is 20.0 Å². The SMILES string of the molecule is CCn1ccc(C(=O)N2CCC(CN[C@@H]3C[C@H]3c3ccccc3)(COC)CC2)n1. The predicted octanol–water partition coefficient (Wildman–Crippen LogP) is 2.92. The minimum absolute atomic E-state index is 0.0440. The smallest absolute Gasteiger partial charge is 0.274 e. The van der Waals surface area contributed by atoms with E-state index < -0.39 is 0 Å². The number of aromatic nitrogens is 2. The van der Waals surface area contributed by atoms with Crippen LogP contribution in [0.4, 0.5) is 0 Å². The summed E-state index contributed by atoms with van der Waals surface area (Å²) in [6, 6.07) is 13.1. The van der Waals surface area contributed by atoms with Crippen molar-refractivity contribution in [2.24, 2.45) is 5.41 Å². The van der Waals surface area contributed by atoms with Gasteiger partial charge in [-0.2, -0.15) is 5.10 Å². The molecular formula is C23H32N4O2. The third kappa shape index (κ3) is 4.54. The molecule has 0 radical (unpaired) electrons. The molecule has 1 amide bonds. The molecule has 1 aromatic heterocycles. The fraction of sp³-hybridized carbons (Fsp3) is 0.565. The quantitative estimate of drug-likeness (QED) is 0.745. The molecule has 6 nitrogen and oxygen atoms in total. The number of benzene rings is 1. The molecule has 156 valence electrons. The van der Waals surface area contributed by atoms with Crippen molar-refractivity contribution in [2.75, 3.05) is 33.4 Å². The first-order valence-electron chi connectivity index (χ1n) is 10.7. The molecule has 1 aliphatic heterocycles. The van der Waals surface area contributed by atoms with Crippen molar-refractivity contribution < 1.29 is 9.53 Å². The molecule has 2 fully saturated rings. The Kier molecular flexibility index (Phi) is 6.01. The minimum atomic E-state index is 0.0440. The largest absolute Gasteiger partial charge is 0.384 e. The van der Waals surface area contributed by atoms with E-state index in [0.29, 0.717) is 17.7 Å². The summed E-state index contributed by atoms with van der Waals surface area (Å²) in [5.41, 5.74) is 2.07.